The number of sulfonamides is 1. The maximum atomic E-state index is 12.5. The highest BCUT2D eigenvalue weighted by molar-refractivity contribution is 7.92. The van der Waals surface area contributed by atoms with E-state index in [0.717, 1.165) is 11.1 Å². The van der Waals surface area contributed by atoms with Crippen molar-refractivity contribution in [2.24, 2.45) is 0 Å². The molecule has 0 radical (unpaired) electrons. The van der Waals surface area contributed by atoms with Crippen molar-refractivity contribution in [3.05, 3.63) is 78.6 Å². The van der Waals surface area contributed by atoms with Gasteiger partial charge in [-0.15, -0.1) is 0 Å². The van der Waals surface area contributed by atoms with Gasteiger partial charge in [-0.25, -0.2) is 8.42 Å². The Morgan fingerprint density at radius 3 is 2.21 bits per heavy atom. The Hall–Kier alpha value is -3.52. The van der Waals surface area contributed by atoms with Crippen LogP contribution in [-0.4, -0.2) is 23.5 Å². The quantitative estimate of drug-likeness (QED) is 0.553. The zero-order valence-corrected chi connectivity index (χ0v) is 15.7. The molecule has 0 atom stereocenters. The van der Waals surface area contributed by atoms with Gasteiger partial charge in [0.05, 0.1) is 4.90 Å². The highest BCUT2D eigenvalue weighted by Crippen LogP contribution is 2.24. The van der Waals surface area contributed by atoms with Crippen LogP contribution in [-0.2, 0) is 10.0 Å². The highest BCUT2D eigenvalue weighted by atomic mass is 32.2. The number of hydrogen-bond acceptors (Lipinski definition) is 6. The van der Waals surface area contributed by atoms with Crippen molar-refractivity contribution >= 4 is 15.7 Å². The maximum absolute atomic E-state index is 12.5. The molecule has 2 aromatic carbocycles. The van der Waals surface area contributed by atoms with Crippen molar-refractivity contribution in [1.82, 2.24) is 15.1 Å². The van der Waals surface area contributed by atoms with E-state index in [2.05, 4.69) is 19.8 Å². The van der Waals surface area contributed by atoms with E-state index in [1.165, 1.54) is 0 Å². The first kappa shape index (κ1) is 17.9. The first-order valence-corrected chi connectivity index (χ1v) is 9.94. The largest absolute Gasteiger partial charge is 0.334 e. The van der Waals surface area contributed by atoms with Crippen LogP contribution in [0, 0.1) is 6.92 Å². The molecule has 0 amide bonds. The molecule has 1 N–H and O–H groups in total. The molecule has 140 valence electrons. The lowest BCUT2D eigenvalue weighted by Crippen LogP contribution is -2.12. The summed E-state index contributed by atoms with van der Waals surface area (Å²) >= 11 is 0. The number of benzene rings is 2. The summed E-state index contributed by atoms with van der Waals surface area (Å²) in [6, 6.07) is 17.0. The number of nitrogens with one attached hydrogen (secondary N) is 1. The van der Waals surface area contributed by atoms with Gasteiger partial charge in [0.15, 0.2) is 0 Å². The van der Waals surface area contributed by atoms with E-state index in [-0.39, 0.29) is 4.90 Å². The molecule has 28 heavy (non-hydrogen) atoms. The van der Waals surface area contributed by atoms with Crippen LogP contribution in [0.5, 0.6) is 0 Å². The van der Waals surface area contributed by atoms with Gasteiger partial charge in [-0.1, -0.05) is 22.9 Å². The summed E-state index contributed by atoms with van der Waals surface area (Å²) in [5.74, 6) is 0.807. The van der Waals surface area contributed by atoms with E-state index in [1.54, 1.807) is 73.1 Å². The van der Waals surface area contributed by atoms with Gasteiger partial charge in [0.2, 0.25) is 5.82 Å². The second-order valence-electron chi connectivity index (χ2n) is 6.15. The Bertz CT molecular complexity index is 1190. The Balaban J connectivity index is 1.53. The Morgan fingerprint density at radius 2 is 1.54 bits per heavy atom. The first-order valence-electron chi connectivity index (χ1n) is 8.45. The monoisotopic (exact) mass is 392 g/mol. The van der Waals surface area contributed by atoms with E-state index >= 15 is 0 Å². The van der Waals surface area contributed by atoms with Gasteiger partial charge in [-0.3, -0.25) is 9.71 Å². The zero-order valence-electron chi connectivity index (χ0n) is 14.9. The van der Waals surface area contributed by atoms with Gasteiger partial charge >= 0.3 is 0 Å². The normalized spacial score (nSPS) is 11.3. The number of anilines is 1. The predicted molar refractivity (Wildman–Crippen MR) is 105 cm³/mol. The molecular weight excluding hydrogens is 376 g/mol. The van der Waals surface area contributed by atoms with Crippen molar-refractivity contribution < 1.29 is 12.9 Å². The van der Waals surface area contributed by atoms with Crippen LogP contribution >= 0.6 is 0 Å². The molecule has 0 saturated heterocycles. The summed E-state index contributed by atoms with van der Waals surface area (Å²) in [5, 5.41) is 3.98. The van der Waals surface area contributed by atoms with Gasteiger partial charge < -0.3 is 4.52 Å². The molecule has 4 aromatic rings. The topological polar surface area (TPSA) is 98.0 Å². The predicted octanol–water partition coefficient (Wildman–Crippen LogP) is 3.91. The summed E-state index contributed by atoms with van der Waals surface area (Å²) < 4.78 is 32.8. The van der Waals surface area contributed by atoms with Crippen LogP contribution in [0.4, 0.5) is 5.69 Å². The number of aromatic nitrogens is 3. The van der Waals surface area contributed by atoms with Crippen LogP contribution in [0.3, 0.4) is 0 Å². The lowest BCUT2D eigenvalue weighted by atomic mass is 10.2. The van der Waals surface area contributed by atoms with Crippen molar-refractivity contribution in [3.8, 4) is 22.8 Å². The molecule has 0 bridgehead atoms. The lowest BCUT2D eigenvalue weighted by molar-refractivity contribution is 0.432. The maximum Gasteiger partial charge on any atom is 0.261 e. The minimum Gasteiger partial charge on any atom is -0.334 e. The Labute approximate surface area is 162 Å². The van der Waals surface area contributed by atoms with Crippen LogP contribution in [0.2, 0.25) is 0 Å². The molecule has 0 spiro atoms. The number of rotatable bonds is 5. The van der Waals surface area contributed by atoms with Crippen molar-refractivity contribution in [2.75, 3.05) is 4.72 Å². The van der Waals surface area contributed by atoms with Crippen LogP contribution < -0.4 is 4.72 Å². The summed E-state index contributed by atoms with van der Waals surface area (Å²) in [5.41, 5.74) is 2.93. The Morgan fingerprint density at radius 1 is 0.857 bits per heavy atom. The number of pyridine rings is 1. The van der Waals surface area contributed by atoms with E-state index in [4.69, 9.17) is 4.52 Å². The van der Waals surface area contributed by atoms with Crippen LogP contribution in [0.15, 0.2) is 82.5 Å². The second-order valence-corrected chi connectivity index (χ2v) is 7.84. The van der Waals surface area contributed by atoms with Gasteiger partial charge in [-0.05, 0) is 55.5 Å². The minimum absolute atomic E-state index is 0.210. The molecule has 7 nitrogen and oxygen atoms in total. The molecule has 0 aliphatic rings. The molecule has 0 aliphatic carbocycles. The summed E-state index contributed by atoms with van der Waals surface area (Å²) in [6.45, 7) is 1.90. The van der Waals surface area contributed by atoms with Crippen molar-refractivity contribution in [2.45, 2.75) is 11.8 Å². The summed E-state index contributed by atoms with van der Waals surface area (Å²) in [4.78, 5) is 8.53. The molecule has 8 heteroatoms. The van der Waals surface area contributed by atoms with Gasteiger partial charge in [0, 0.05) is 29.2 Å². The summed E-state index contributed by atoms with van der Waals surface area (Å²) in [6.07, 6.45) is 3.29. The third kappa shape index (κ3) is 3.77. The van der Waals surface area contributed by atoms with Gasteiger partial charge in [0.1, 0.15) is 0 Å². The van der Waals surface area contributed by atoms with Crippen molar-refractivity contribution in [3.63, 3.8) is 0 Å². The van der Waals surface area contributed by atoms with E-state index in [0.29, 0.717) is 23.0 Å². The molecule has 0 saturated carbocycles. The standard InChI is InChI=1S/C20H16N4O3S/c1-14-2-8-18(9-3-14)28(25,26)24-17-6-4-15(5-7-17)19-22-20(27-23-19)16-10-12-21-13-11-16/h2-13,24H,1H3. The second kappa shape index (κ2) is 7.24. The average molecular weight is 392 g/mol. The number of hydrogen-bond donors (Lipinski definition) is 1. The molecule has 2 heterocycles. The van der Waals surface area contributed by atoms with E-state index < -0.39 is 10.0 Å². The molecular formula is C20H16N4O3S. The van der Waals surface area contributed by atoms with Gasteiger partial charge in [0.25, 0.3) is 15.9 Å². The lowest BCUT2D eigenvalue weighted by Gasteiger charge is -2.08. The van der Waals surface area contributed by atoms with Gasteiger partial charge in [-0.2, -0.15) is 4.98 Å². The highest BCUT2D eigenvalue weighted by Gasteiger charge is 2.15. The number of nitrogens with zero attached hydrogens (tertiary/aromatic N) is 3. The van der Waals surface area contributed by atoms with E-state index in [9.17, 15) is 8.42 Å². The fourth-order valence-corrected chi connectivity index (χ4v) is 3.63. The fraction of sp³-hybridized carbons (Fsp3) is 0.0500. The van der Waals surface area contributed by atoms with Crippen molar-refractivity contribution in [1.29, 1.82) is 0 Å². The first-order chi connectivity index (χ1) is 13.5. The number of aryl methyl sites for hydroxylation is 1. The summed E-state index contributed by atoms with van der Waals surface area (Å²) in [7, 11) is -3.65. The third-order valence-electron chi connectivity index (χ3n) is 4.08. The SMILES string of the molecule is Cc1ccc(S(=O)(=O)Nc2ccc(-c3noc(-c4ccncc4)n3)cc2)cc1. The molecule has 4 rings (SSSR count). The fourth-order valence-electron chi connectivity index (χ4n) is 2.57. The molecule has 0 aliphatic heterocycles. The molecule has 0 unspecified atom stereocenters. The minimum atomic E-state index is -3.65. The molecule has 0 fully saturated rings. The molecule has 2 aromatic heterocycles. The average Bonchev–Trinajstić information content (AvgIpc) is 3.19. The van der Waals surface area contributed by atoms with Crippen LogP contribution in [0.1, 0.15) is 5.56 Å². The Kier molecular flexibility index (Phi) is 4.62. The zero-order chi connectivity index (χ0) is 19.6. The smallest absolute Gasteiger partial charge is 0.261 e. The van der Waals surface area contributed by atoms with Crippen LogP contribution in [0.25, 0.3) is 22.8 Å². The third-order valence-corrected chi connectivity index (χ3v) is 5.48. The van der Waals surface area contributed by atoms with E-state index in [1.807, 2.05) is 6.92 Å².